The van der Waals surface area contributed by atoms with E-state index < -0.39 is 20.0 Å². The number of aryl methyl sites for hydroxylation is 1. The standard InChI is InChI=1S/C21H29N3O5S2/c1-18-16-20(8-9-21(18)29-2)31(27,28)22-10-15-30(25,26)24-13-11-23(12-14-24)17-19-6-4-3-5-7-19/h3-9,16,22H,10-15,17H2,1-2H3. The SMILES string of the molecule is COc1ccc(S(=O)(=O)NCCS(=O)(=O)N2CCN(Cc3ccccc3)CC2)cc1C. The van der Waals surface area contributed by atoms with Gasteiger partial charge in [-0.25, -0.2) is 21.6 Å². The van der Waals surface area contributed by atoms with Crippen LogP contribution in [0.25, 0.3) is 0 Å². The molecule has 3 rings (SSSR count). The average Bonchev–Trinajstić information content (AvgIpc) is 2.74. The lowest BCUT2D eigenvalue weighted by molar-refractivity contribution is 0.181. The molecule has 1 aliphatic rings. The Morgan fingerprint density at radius 1 is 0.968 bits per heavy atom. The summed E-state index contributed by atoms with van der Waals surface area (Å²) in [6.07, 6.45) is 0. The fourth-order valence-electron chi connectivity index (χ4n) is 3.54. The molecule has 2 aromatic rings. The number of nitrogens with one attached hydrogen (secondary N) is 1. The first-order chi connectivity index (χ1) is 14.7. The van der Waals surface area contributed by atoms with E-state index in [9.17, 15) is 16.8 Å². The zero-order valence-corrected chi connectivity index (χ0v) is 19.5. The first kappa shape index (κ1) is 23.7. The van der Waals surface area contributed by atoms with Crippen LogP contribution in [-0.4, -0.2) is 71.6 Å². The summed E-state index contributed by atoms with van der Waals surface area (Å²) in [6, 6.07) is 14.6. The number of nitrogens with zero attached hydrogens (tertiary/aromatic N) is 2. The van der Waals surface area contributed by atoms with Crippen LogP contribution in [0, 0.1) is 6.92 Å². The van der Waals surface area contributed by atoms with Crippen molar-refractivity contribution < 1.29 is 21.6 Å². The number of rotatable bonds is 9. The maximum Gasteiger partial charge on any atom is 0.240 e. The molecule has 0 bridgehead atoms. The van der Waals surface area contributed by atoms with Crippen molar-refractivity contribution in [1.82, 2.24) is 13.9 Å². The minimum absolute atomic E-state index is 0.0812. The van der Waals surface area contributed by atoms with Crippen LogP contribution in [0.3, 0.4) is 0 Å². The second-order valence-corrected chi connectivity index (χ2v) is 11.4. The van der Waals surface area contributed by atoms with Gasteiger partial charge in [0.25, 0.3) is 0 Å². The highest BCUT2D eigenvalue weighted by Crippen LogP contribution is 2.21. The molecular formula is C21H29N3O5S2. The Labute approximate surface area is 184 Å². The molecule has 10 heteroatoms. The number of ether oxygens (including phenoxy) is 1. The number of piperazine rings is 1. The molecule has 0 aromatic heterocycles. The number of methoxy groups -OCH3 is 1. The topological polar surface area (TPSA) is 96.0 Å². The molecule has 2 aromatic carbocycles. The second kappa shape index (κ2) is 10.1. The smallest absolute Gasteiger partial charge is 0.240 e. The van der Waals surface area contributed by atoms with E-state index in [1.165, 1.54) is 29.1 Å². The van der Waals surface area contributed by atoms with Crippen LogP contribution in [0.4, 0.5) is 0 Å². The lowest BCUT2D eigenvalue weighted by Crippen LogP contribution is -2.49. The molecule has 1 aliphatic heterocycles. The summed E-state index contributed by atoms with van der Waals surface area (Å²) in [7, 11) is -5.83. The van der Waals surface area contributed by atoms with Crippen LogP contribution >= 0.6 is 0 Å². The quantitative estimate of drug-likeness (QED) is 0.599. The number of sulfonamides is 2. The van der Waals surface area contributed by atoms with Crippen molar-refractivity contribution in [2.75, 3.05) is 45.6 Å². The maximum absolute atomic E-state index is 12.7. The van der Waals surface area contributed by atoms with Gasteiger partial charge in [0.05, 0.1) is 17.8 Å². The molecule has 1 heterocycles. The van der Waals surface area contributed by atoms with Crippen LogP contribution in [0.2, 0.25) is 0 Å². The third kappa shape index (κ3) is 6.27. The van der Waals surface area contributed by atoms with Crippen LogP contribution in [0.1, 0.15) is 11.1 Å². The van der Waals surface area contributed by atoms with Gasteiger partial charge in [-0.3, -0.25) is 4.90 Å². The Balaban J connectivity index is 1.50. The molecule has 1 fully saturated rings. The van der Waals surface area contributed by atoms with E-state index in [1.54, 1.807) is 13.0 Å². The number of hydrogen-bond acceptors (Lipinski definition) is 6. The molecule has 0 amide bonds. The van der Waals surface area contributed by atoms with E-state index in [-0.39, 0.29) is 17.2 Å². The Morgan fingerprint density at radius 2 is 1.65 bits per heavy atom. The van der Waals surface area contributed by atoms with Gasteiger partial charge in [0, 0.05) is 39.3 Å². The summed E-state index contributed by atoms with van der Waals surface area (Å²) >= 11 is 0. The van der Waals surface area contributed by atoms with Gasteiger partial charge in [0.15, 0.2) is 0 Å². The third-order valence-corrected chi connectivity index (χ3v) is 8.63. The summed E-state index contributed by atoms with van der Waals surface area (Å²) in [5.41, 5.74) is 1.88. The van der Waals surface area contributed by atoms with Gasteiger partial charge in [-0.15, -0.1) is 0 Å². The minimum atomic E-state index is -3.80. The van der Waals surface area contributed by atoms with Gasteiger partial charge in [0.1, 0.15) is 5.75 Å². The van der Waals surface area contributed by atoms with Crippen molar-refractivity contribution in [2.24, 2.45) is 0 Å². The fraction of sp³-hybridized carbons (Fsp3) is 0.429. The Morgan fingerprint density at radius 3 is 2.26 bits per heavy atom. The van der Waals surface area contributed by atoms with E-state index in [2.05, 4.69) is 21.8 Å². The van der Waals surface area contributed by atoms with Gasteiger partial charge in [0.2, 0.25) is 20.0 Å². The Bertz CT molecular complexity index is 1080. The first-order valence-electron chi connectivity index (χ1n) is 10.1. The van der Waals surface area contributed by atoms with Crippen molar-refractivity contribution in [3.05, 3.63) is 59.7 Å². The molecule has 1 saturated heterocycles. The summed E-state index contributed by atoms with van der Waals surface area (Å²) in [6.45, 7) is 4.45. The van der Waals surface area contributed by atoms with Crippen molar-refractivity contribution in [1.29, 1.82) is 0 Å². The first-order valence-corrected chi connectivity index (χ1v) is 13.2. The summed E-state index contributed by atoms with van der Waals surface area (Å²) in [5, 5.41) is 0. The lowest BCUT2D eigenvalue weighted by atomic mass is 10.2. The molecular weight excluding hydrogens is 438 g/mol. The molecule has 8 nitrogen and oxygen atoms in total. The predicted octanol–water partition coefficient (Wildman–Crippen LogP) is 1.43. The van der Waals surface area contributed by atoms with Gasteiger partial charge in [-0.1, -0.05) is 30.3 Å². The number of benzene rings is 2. The summed E-state index contributed by atoms with van der Waals surface area (Å²) in [5.74, 6) is 0.313. The molecule has 0 spiro atoms. The van der Waals surface area contributed by atoms with E-state index in [0.717, 1.165) is 6.54 Å². The van der Waals surface area contributed by atoms with Gasteiger partial charge >= 0.3 is 0 Å². The van der Waals surface area contributed by atoms with E-state index in [0.29, 0.717) is 37.5 Å². The molecule has 31 heavy (non-hydrogen) atoms. The predicted molar refractivity (Wildman–Crippen MR) is 120 cm³/mol. The molecule has 170 valence electrons. The minimum Gasteiger partial charge on any atom is -0.496 e. The molecule has 1 N–H and O–H groups in total. The fourth-order valence-corrected chi connectivity index (χ4v) is 6.13. The zero-order valence-electron chi connectivity index (χ0n) is 17.8. The third-order valence-electron chi connectivity index (χ3n) is 5.30. The van der Waals surface area contributed by atoms with Crippen molar-refractivity contribution in [3.8, 4) is 5.75 Å². The van der Waals surface area contributed by atoms with Crippen molar-refractivity contribution in [3.63, 3.8) is 0 Å². The largest absolute Gasteiger partial charge is 0.496 e. The summed E-state index contributed by atoms with van der Waals surface area (Å²) in [4.78, 5) is 2.30. The molecule has 0 saturated carbocycles. The molecule has 0 radical (unpaired) electrons. The van der Waals surface area contributed by atoms with Crippen LogP contribution < -0.4 is 9.46 Å². The van der Waals surface area contributed by atoms with Gasteiger partial charge < -0.3 is 4.74 Å². The van der Waals surface area contributed by atoms with Crippen LogP contribution in [-0.2, 0) is 26.6 Å². The van der Waals surface area contributed by atoms with Crippen molar-refractivity contribution >= 4 is 20.0 Å². The highest BCUT2D eigenvalue weighted by Gasteiger charge is 2.27. The van der Waals surface area contributed by atoms with E-state index in [4.69, 9.17) is 4.74 Å². The monoisotopic (exact) mass is 467 g/mol. The zero-order chi connectivity index (χ0) is 22.5. The normalized spacial score (nSPS) is 16.3. The maximum atomic E-state index is 12.7. The average molecular weight is 468 g/mol. The van der Waals surface area contributed by atoms with E-state index >= 15 is 0 Å². The highest BCUT2D eigenvalue weighted by atomic mass is 32.2. The van der Waals surface area contributed by atoms with Crippen molar-refractivity contribution in [2.45, 2.75) is 18.4 Å². The Kier molecular flexibility index (Phi) is 7.71. The molecule has 0 atom stereocenters. The Hall–Kier alpha value is -1.98. The molecule has 0 aliphatic carbocycles. The summed E-state index contributed by atoms with van der Waals surface area (Å²) < 4.78 is 59.3. The lowest BCUT2D eigenvalue weighted by Gasteiger charge is -2.34. The number of hydrogen-bond donors (Lipinski definition) is 1. The second-order valence-electron chi connectivity index (χ2n) is 7.51. The highest BCUT2D eigenvalue weighted by molar-refractivity contribution is 7.90. The molecule has 0 unspecified atom stereocenters. The van der Waals surface area contributed by atoms with Crippen LogP contribution in [0.5, 0.6) is 5.75 Å². The van der Waals surface area contributed by atoms with E-state index in [1.807, 2.05) is 18.2 Å². The van der Waals surface area contributed by atoms with Gasteiger partial charge in [-0.2, -0.15) is 4.31 Å². The van der Waals surface area contributed by atoms with Gasteiger partial charge in [-0.05, 0) is 36.2 Å². The van der Waals surface area contributed by atoms with Crippen LogP contribution in [0.15, 0.2) is 53.4 Å².